The third-order valence-electron chi connectivity index (χ3n) is 3.80. The predicted molar refractivity (Wildman–Crippen MR) is 94.3 cm³/mol. The third-order valence-corrected chi connectivity index (χ3v) is 4.74. The molecular weight excluding hydrogens is 352 g/mol. The number of aromatic nitrogens is 6. The van der Waals surface area contributed by atoms with Crippen molar-refractivity contribution in [1.29, 1.82) is 0 Å². The Morgan fingerprint density at radius 2 is 2.04 bits per heavy atom. The lowest BCUT2D eigenvalue weighted by molar-refractivity contribution is 0.391. The molecule has 9 heteroatoms. The predicted octanol–water partition coefficient (Wildman–Crippen LogP) is 3.22. The zero-order chi connectivity index (χ0) is 17.8. The molecule has 4 rings (SSSR count). The van der Waals surface area contributed by atoms with Crippen LogP contribution < -0.4 is 0 Å². The van der Waals surface area contributed by atoms with Crippen molar-refractivity contribution in [2.45, 2.75) is 30.8 Å². The molecule has 8 nitrogen and oxygen atoms in total. The number of hydrogen-bond acceptors (Lipinski definition) is 8. The first-order valence-electron chi connectivity index (χ1n) is 8.15. The summed E-state index contributed by atoms with van der Waals surface area (Å²) in [6.07, 6.45) is 2.63. The van der Waals surface area contributed by atoms with Crippen molar-refractivity contribution in [2.24, 2.45) is 0 Å². The lowest BCUT2D eigenvalue weighted by Crippen LogP contribution is -2.03. The molecule has 0 spiro atoms. The molecule has 0 N–H and O–H groups in total. The van der Waals surface area contributed by atoms with Crippen molar-refractivity contribution in [2.75, 3.05) is 0 Å². The number of hydrogen-bond donors (Lipinski definition) is 0. The number of thioether (sulfide) groups is 1. The molecule has 0 bridgehead atoms. The van der Waals surface area contributed by atoms with Gasteiger partial charge in [-0.05, 0) is 34.5 Å². The van der Waals surface area contributed by atoms with E-state index >= 15 is 0 Å². The molecule has 26 heavy (non-hydrogen) atoms. The first-order valence-corrected chi connectivity index (χ1v) is 9.13. The van der Waals surface area contributed by atoms with Crippen molar-refractivity contribution >= 4 is 11.8 Å². The highest BCUT2D eigenvalue weighted by atomic mass is 32.2. The van der Waals surface area contributed by atoms with Gasteiger partial charge in [-0.25, -0.2) is 4.68 Å². The van der Waals surface area contributed by atoms with Crippen LogP contribution >= 0.6 is 11.8 Å². The molecule has 0 amide bonds. The van der Waals surface area contributed by atoms with Gasteiger partial charge in [0.15, 0.2) is 0 Å². The fourth-order valence-electron chi connectivity index (χ4n) is 2.40. The SMILES string of the molecule is CCc1ccc(-c2noc(CSc3nnnn3Cc3ccco3)n2)cc1. The molecule has 4 aromatic rings. The highest BCUT2D eigenvalue weighted by molar-refractivity contribution is 7.98. The van der Waals surface area contributed by atoms with Crippen molar-refractivity contribution in [3.05, 3.63) is 59.9 Å². The Morgan fingerprint density at radius 3 is 2.81 bits per heavy atom. The zero-order valence-corrected chi connectivity index (χ0v) is 14.9. The van der Waals surface area contributed by atoms with E-state index < -0.39 is 0 Å². The molecule has 1 aromatic carbocycles. The second-order valence-corrected chi connectivity index (χ2v) is 6.49. The van der Waals surface area contributed by atoms with E-state index in [-0.39, 0.29) is 0 Å². The Morgan fingerprint density at radius 1 is 1.15 bits per heavy atom. The molecule has 0 saturated heterocycles. The number of furan rings is 1. The van der Waals surface area contributed by atoms with Crippen LogP contribution in [0, 0.1) is 0 Å². The van der Waals surface area contributed by atoms with Crippen LogP contribution in [0.15, 0.2) is 56.8 Å². The molecule has 0 unspecified atom stereocenters. The maximum absolute atomic E-state index is 5.34. The summed E-state index contributed by atoms with van der Waals surface area (Å²) in [6, 6.07) is 11.9. The quantitative estimate of drug-likeness (QED) is 0.459. The van der Waals surface area contributed by atoms with Crippen LogP contribution in [0.3, 0.4) is 0 Å². The fraction of sp³-hybridized carbons (Fsp3) is 0.235. The lowest BCUT2D eigenvalue weighted by Gasteiger charge is -2.00. The van der Waals surface area contributed by atoms with E-state index in [9.17, 15) is 0 Å². The van der Waals surface area contributed by atoms with E-state index in [4.69, 9.17) is 8.94 Å². The van der Waals surface area contributed by atoms with Gasteiger partial charge >= 0.3 is 0 Å². The number of rotatable bonds is 7. The topological polar surface area (TPSA) is 95.7 Å². The zero-order valence-electron chi connectivity index (χ0n) is 14.1. The maximum Gasteiger partial charge on any atom is 0.237 e. The number of benzene rings is 1. The Balaban J connectivity index is 1.41. The average molecular weight is 368 g/mol. The van der Waals surface area contributed by atoms with E-state index in [1.54, 1.807) is 10.9 Å². The van der Waals surface area contributed by atoms with Crippen LogP contribution in [-0.4, -0.2) is 30.3 Å². The van der Waals surface area contributed by atoms with Crippen LogP contribution in [-0.2, 0) is 18.7 Å². The van der Waals surface area contributed by atoms with E-state index in [0.29, 0.717) is 29.2 Å². The number of nitrogens with zero attached hydrogens (tertiary/aromatic N) is 6. The van der Waals surface area contributed by atoms with Crippen LogP contribution in [0.1, 0.15) is 24.1 Å². The Labute approximate surface area is 153 Å². The summed E-state index contributed by atoms with van der Waals surface area (Å²) in [4.78, 5) is 4.45. The van der Waals surface area contributed by atoms with Gasteiger partial charge in [-0.3, -0.25) is 0 Å². The Hall–Kier alpha value is -2.94. The summed E-state index contributed by atoms with van der Waals surface area (Å²) >= 11 is 1.43. The summed E-state index contributed by atoms with van der Waals surface area (Å²) < 4.78 is 12.3. The second kappa shape index (κ2) is 7.52. The third kappa shape index (κ3) is 3.67. The van der Waals surface area contributed by atoms with Gasteiger partial charge in [0.1, 0.15) is 12.3 Å². The van der Waals surface area contributed by atoms with Crippen LogP contribution in [0.25, 0.3) is 11.4 Å². The van der Waals surface area contributed by atoms with E-state index in [1.807, 2.05) is 24.3 Å². The average Bonchev–Trinajstić information content (AvgIpc) is 3.43. The molecule has 0 aliphatic rings. The summed E-state index contributed by atoms with van der Waals surface area (Å²) in [6.45, 7) is 2.60. The van der Waals surface area contributed by atoms with Crippen molar-refractivity contribution in [1.82, 2.24) is 30.3 Å². The molecule has 0 radical (unpaired) electrons. The summed E-state index contributed by atoms with van der Waals surface area (Å²) in [7, 11) is 0. The molecule has 132 valence electrons. The normalized spacial score (nSPS) is 11.1. The Bertz CT molecular complexity index is 961. The van der Waals surface area contributed by atoms with Gasteiger partial charge in [0.2, 0.25) is 16.9 Å². The van der Waals surface area contributed by atoms with Gasteiger partial charge < -0.3 is 8.94 Å². The van der Waals surface area contributed by atoms with E-state index in [0.717, 1.165) is 17.7 Å². The smallest absolute Gasteiger partial charge is 0.237 e. The summed E-state index contributed by atoms with van der Waals surface area (Å²) in [5, 5.41) is 16.4. The van der Waals surface area contributed by atoms with E-state index in [1.165, 1.54) is 17.3 Å². The highest BCUT2D eigenvalue weighted by Crippen LogP contribution is 2.22. The maximum atomic E-state index is 5.34. The van der Waals surface area contributed by atoms with Crippen molar-refractivity contribution in [3.63, 3.8) is 0 Å². The van der Waals surface area contributed by atoms with E-state index in [2.05, 4.69) is 44.7 Å². The standard InChI is InChI=1S/C17H16N6O2S/c1-2-12-5-7-13(8-6-12)16-18-15(25-20-16)11-26-17-19-21-22-23(17)10-14-4-3-9-24-14/h3-9H,2,10-11H2,1H3. The van der Waals surface area contributed by atoms with Crippen LogP contribution in [0.5, 0.6) is 0 Å². The fourth-order valence-corrected chi connectivity index (χ4v) is 3.11. The first-order chi connectivity index (χ1) is 12.8. The molecule has 0 fully saturated rings. The molecule has 3 heterocycles. The van der Waals surface area contributed by atoms with Crippen molar-refractivity contribution < 1.29 is 8.94 Å². The van der Waals surface area contributed by atoms with Gasteiger partial charge in [0.05, 0.1) is 12.0 Å². The van der Waals surface area contributed by atoms with Gasteiger partial charge in [-0.1, -0.05) is 48.1 Å². The van der Waals surface area contributed by atoms with Crippen LogP contribution in [0.4, 0.5) is 0 Å². The van der Waals surface area contributed by atoms with Gasteiger partial charge in [-0.15, -0.1) is 5.10 Å². The molecule has 0 atom stereocenters. The molecule has 0 aliphatic heterocycles. The number of tetrazole rings is 1. The summed E-state index contributed by atoms with van der Waals surface area (Å²) in [5.74, 6) is 2.38. The minimum atomic E-state index is 0.473. The monoisotopic (exact) mass is 368 g/mol. The Kier molecular flexibility index (Phi) is 4.78. The highest BCUT2D eigenvalue weighted by Gasteiger charge is 2.13. The molecule has 0 aliphatic carbocycles. The van der Waals surface area contributed by atoms with Gasteiger partial charge in [-0.2, -0.15) is 4.98 Å². The minimum absolute atomic E-state index is 0.473. The largest absolute Gasteiger partial charge is 0.467 e. The van der Waals surface area contributed by atoms with Crippen molar-refractivity contribution in [3.8, 4) is 11.4 Å². The summed E-state index contributed by atoms with van der Waals surface area (Å²) in [5.41, 5.74) is 2.21. The first kappa shape index (κ1) is 16.5. The van der Waals surface area contributed by atoms with Crippen LogP contribution in [0.2, 0.25) is 0 Å². The second-order valence-electron chi connectivity index (χ2n) is 5.55. The van der Waals surface area contributed by atoms with Gasteiger partial charge in [0.25, 0.3) is 0 Å². The molecule has 3 aromatic heterocycles. The molecule has 0 saturated carbocycles. The van der Waals surface area contributed by atoms with Gasteiger partial charge in [0, 0.05) is 5.56 Å². The lowest BCUT2D eigenvalue weighted by atomic mass is 10.1. The number of aryl methyl sites for hydroxylation is 1. The minimum Gasteiger partial charge on any atom is -0.467 e. The molecular formula is C17H16N6O2S.